The molecular formula is C16H20N2O. The van der Waals surface area contributed by atoms with Crippen LogP contribution in [0.15, 0.2) is 48.5 Å². The van der Waals surface area contributed by atoms with Crippen LogP contribution in [-0.2, 0) is 6.42 Å². The topological polar surface area (TPSA) is 47.3 Å². The molecule has 3 heteroatoms. The summed E-state index contributed by atoms with van der Waals surface area (Å²) >= 11 is 0. The maximum Gasteiger partial charge on any atom is 0.122 e. The lowest BCUT2D eigenvalue weighted by atomic mass is 10.1. The van der Waals surface area contributed by atoms with Crippen LogP contribution >= 0.6 is 0 Å². The average molecular weight is 256 g/mol. The van der Waals surface area contributed by atoms with Gasteiger partial charge in [-0.3, -0.25) is 0 Å². The van der Waals surface area contributed by atoms with E-state index in [-0.39, 0.29) is 0 Å². The first-order valence-electron chi connectivity index (χ1n) is 6.59. The molecule has 0 radical (unpaired) electrons. The lowest BCUT2D eigenvalue weighted by Crippen LogP contribution is -2.12. The van der Waals surface area contributed by atoms with Gasteiger partial charge in [0.25, 0.3) is 0 Å². The molecule has 0 aliphatic heterocycles. The minimum absolute atomic E-state index is 0.640. The summed E-state index contributed by atoms with van der Waals surface area (Å²) in [5, 5.41) is 3.30. The van der Waals surface area contributed by atoms with E-state index in [9.17, 15) is 0 Å². The number of nitrogens with two attached hydrogens (primary N) is 1. The van der Waals surface area contributed by atoms with E-state index in [1.165, 1.54) is 5.56 Å². The van der Waals surface area contributed by atoms with E-state index in [1.807, 2.05) is 42.5 Å². The number of nitrogen functional groups attached to an aromatic ring is 1. The first-order chi connectivity index (χ1) is 9.29. The van der Waals surface area contributed by atoms with Crippen LogP contribution in [0.2, 0.25) is 0 Å². The van der Waals surface area contributed by atoms with E-state index in [2.05, 4.69) is 18.3 Å². The van der Waals surface area contributed by atoms with Gasteiger partial charge in [-0.2, -0.15) is 0 Å². The molecule has 0 amide bonds. The molecule has 2 aromatic carbocycles. The Bertz CT molecular complexity index is 508. The molecule has 0 atom stereocenters. The molecule has 0 fully saturated rings. The molecule has 3 nitrogen and oxygen atoms in total. The van der Waals surface area contributed by atoms with Gasteiger partial charge in [-0.05, 0) is 42.3 Å². The number of ether oxygens (including phenoxy) is 1. The van der Waals surface area contributed by atoms with Crippen LogP contribution in [0.5, 0.6) is 5.75 Å². The van der Waals surface area contributed by atoms with Gasteiger partial charge in [0.15, 0.2) is 0 Å². The van der Waals surface area contributed by atoms with Gasteiger partial charge in [0.2, 0.25) is 0 Å². The lowest BCUT2D eigenvalue weighted by molar-refractivity contribution is 0.329. The van der Waals surface area contributed by atoms with Gasteiger partial charge in [0.05, 0.1) is 0 Å². The Hall–Kier alpha value is -2.16. The number of para-hydroxylation sites is 1. The zero-order chi connectivity index (χ0) is 13.5. The monoisotopic (exact) mass is 256 g/mol. The van der Waals surface area contributed by atoms with Crippen LogP contribution in [0.4, 0.5) is 11.4 Å². The van der Waals surface area contributed by atoms with Crippen molar-refractivity contribution in [2.45, 2.75) is 13.3 Å². The van der Waals surface area contributed by atoms with E-state index in [4.69, 9.17) is 10.5 Å². The van der Waals surface area contributed by atoms with Gasteiger partial charge in [0, 0.05) is 17.9 Å². The van der Waals surface area contributed by atoms with Gasteiger partial charge < -0.3 is 15.8 Å². The largest absolute Gasteiger partial charge is 0.491 e. The van der Waals surface area contributed by atoms with Crippen molar-refractivity contribution in [2.75, 3.05) is 24.2 Å². The number of hydrogen-bond acceptors (Lipinski definition) is 3. The van der Waals surface area contributed by atoms with E-state index in [0.717, 1.165) is 30.1 Å². The molecule has 0 aromatic heterocycles. The first kappa shape index (κ1) is 13.3. The van der Waals surface area contributed by atoms with Crippen molar-refractivity contribution in [3.05, 3.63) is 54.1 Å². The molecule has 2 rings (SSSR count). The summed E-state index contributed by atoms with van der Waals surface area (Å²) in [6.07, 6.45) is 0.988. The van der Waals surface area contributed by atoms with Crippen molar-refractivity contribution >= 4 is 11.4 Å². The van der Waals surface area contributed by atoms with Crippen molar-refractivity contribution in [3.63, 3.8) is 0 Å². The van der Waals surface area contributed by atoms with Crippen LogP contribution in [0, 0.1) is 0 Å². The number of aryl methyl sites for hydroxylation is 1. The van der Waals surface area contributed by atoms with E-state index in [0.29, 0.717) is 6.61 Å². The van der Waals surface area contributed by atoms with Crippen LogP contribution in [-0.4, -0.2) is 13.2 Å². The molecule has 0 unspecified atom stereocenters. The van der Waals surface area contributed by atoms with Crippen molar-refractivity contribution in [1.29, 1.82) is 0 Å². The van der Waals surface area contributed by atoms with Crippen molar-refractivity contribution in [3.8, 4) is 5.75 Å². The second-order valence-electron chi connectivity index (χ2n) is 4.36. The predicted molar refractivity (Wildman–Crippen MR) is 80.7 cm³/mol. The molecule has 0 aliphatic carbocycles. The first-order valence-corrected chi connectivity index (χ1v) is 6.59. The summed E-state index contributed by atoms with van der Waals surface area (Å²) in [6.45, 7) is 3.54. The highest BCUT2D eigenvalue weighted by Crippen LogP contribution is 2.18. The maximum absolute atomic E-state index is 5.79. The highest BCUT2D eigenvalue weighted by molar-refractivity contribution is 5.51. The zero-order valence-corrected chi connectivity index (χ0v) is 11.2. The SMILES string of the molecule is CCc1ccccc1OCCNc1ccc(N)cc1. The van der Waals surface area contributed by atoms with Crippen molar-refractivity contribution in [1.82, 2.24) is 0 Å². The van der Waals surface area contributed by atoms with Crippen molar-refractivity contribution < 1.29 is 4.74 Å². The Balaban J connectivity index is 1.79. The minimum Gasteiger partial charge on any atom is -0.491 e. The van der Waals surface area contributed by atoms with E-state index < -0.39 is 0 Å². The maximum atomic E-state index is 5.79. The summed E-state index contributed by atoms with van der Waals surface area (Å²) in [6, 6.07) is 15.9. The molecule has 0 spiro atoms. The van der Waals surface area contributed by atoms with E-state index >= 15 is 0 Å². The predicted octanol–water partition coefficient (Wildman–Crippen LogP) is 3.32. The molecule has 19 heavy (non-hydrogen) atoms. The number of hydrogen-bond donors (Lipinski definition) is 2. The molecule has 0 heterocycles. The fourth-order valence-corrected chi connectivity index (χ4v) is 1.89. The minimum atomic E-state index is 0.640. The van der Waals surface area contributed by atoms with Gasteiger partial charge in [-0.15, -0.1) is 0 Å². The number of anilines is 2. The average Bonchev–Trinajstić information content (AvgIpc) is 2.46. The van der Waals surface area contributed by atoms with E-state index in [1.54, 1.807) is 0 Å². The summed E-state index contributed by atoms with van der Waals surface area (Å²) in [5.41, 5.74) is 8.72. The molecule has 2 aromatic rings. The molecule has 0 saturated heterocycles. The van der Waals surface area contributed by atoms with Crippen LogP contribution < -0.4 is 15.8 Å². The summed E-state index contributed by atoms with van der Waals surface area (Å²) in [5.74, 6) is 0.976. The highest BCUT2D eigenvalue weighted by Gasteiger charge is 1.99. The molecule has 100 valence electrons. The lowest BCUT2D eigenvalue weighted by Gasteiger charge is -2.11. The molecular weight excluding hydrogens is 236 g/mol. The molecule has 3 N–H and O–H groups in total. The van der Waals surface area contributed by atoms with Crippen LogP contribution in [0.25, 0.3) is 0 Å². The fraction of sp³-hybridized carbons (Fsp3) is 0.250. The quantitative estimate of drug-likeness (QED) is 0.615. The second-order valence-corrected chi connectivity index (χ2v) is 4.36. The second kappa shape index (κ2) is 6.69. The molecule has 0 bridgehead atoms. The number of benzene rings is 2. The van der Waals surface area contributed by atoms with Crippen LogP contribution in [0.3, 0.4) is 0 Å². The summed E-state index contributed by atoms with van der Waals surface area (Å²) in [7, 11) is 0. The number of nitrogens with one attached hydrogen (secondary N) is 1. The number of rotatable bonds is 6. The molecule has 0 saturated carbocycles. The summed E-state index contributed by atoms with van der Waals surface area (Å²) in [4.78, 5) is 0. The molecule has 0 aliphatic rings. The third-order valence-electron chi connectivity index (χ3n) is 2.95. The normalized spacial score (nSPS) is 10.2. The van der Waals surface area contributed by atoms with Crippen LogP contribution in [0.1, 0.15) is 12.5 Å². The standard InChI is InChI=1S/C16H20N2O/c1-2-13-5-3-4-6-16(13)19-12-11-18-15-9-7-14(17)8-10-15/h3-10,18H,2,11-12,17H2,1H3. The summed E-state index contributed by atoms with van der Waals surface area (Å²) < 4.78 is 5.79. The third kappa shape index (κ3) is 3.91. The van der Waals surface area contributed by atoms with Crippen molar-refractivity contribution in [2.24, 2.45) is 0 Å². The van der Waals surface area contributed by atoms with Gasteiger partial charge in [-0.1, -0.05) is 25.1 Å². The Morgan fingerprint density at radius 2 is 1.79 bits per heavy atom. The Morgan fingerprint density at radius 3 is 2.53 bits per heavy atom. The van der Waals surface area contributed by atoms with Gasteiger partial charge in [0.1, 0.15) is 12.4 Å². The third-order valence-corrected chi connectivity index (χ3v) is 2.95. The highest BCUT2D eigenvalue weighted by atomic mass is 16.5. The Morgan fingerprint density at radius 1 is 1.05 bits per heavy atom. The Labute approximate surface area is 114 Å². The fourth-order valence-electron chi connectivity index (χ4n) is 1.89. The zero-order valence-electron chi connectivity index (χ0n) is 11.2. The van der Waals surface area contributed by atoms with Gasteiger partial charge >= 0.3 is 0 Å². The Kier molecular flexibility index (Phi) is 4.67. The van der Waals surface area contributed by atoms with Gasteiger partial charge in [-0.25, -0.2) is 0 Å². The smallest absolute Gasteiger partial charge is 0.122 e.